The Morgan fingerprint density at radius 3 is 2.26 bits per heavy atom. The molecule has 1 aliphatic rings. The highest BCUT2D eigenvalue weighted by molar-refractivity contribution is 5.84. The first-order valence-corrected chi connectivity index (χ1v) is 10.9. The molecule has 0 unspecified atom stereocenters. The van der Waals surface area contributed by atoms with E-state index >= 15 is 0 Å². The number of aromatic nitrogens is 6. The van der Waals surface area contributed by atoms with Crippen LogP contribution in [-0.2, 0) is 13.1 Å². The Balaban J connectivity index is 1.46. The van der Waals surface area contributed by atoms with E-state index in [1.165, 1.54) is 32.1 Å². The second-order valence-electron chi connectivity index (χ2n) is 7.94. The van der Waals surface area contributed by atoms with E-state index in [0.29, 0.717) is 25.1 Å². The number of fused-ring (bicyclic) bond motifs is 1. The average Bonchev–Trinajstić information content (AvgIpc) is 3.27. The molecule has 0 atom stereocenters. The molecule has 0 bridgehead atoms. The second-order valence-corrected chi connectivity index (χ2v) is 7.94. The smallest absolute Gasteiger partial charge is 0.227 e. The largest absolute Gasteiger partial charge is 0.364 e. The van der Waals surface area contributed by atoms with Gasteiger partial charge in [-0.1, -0.05) is 31.4 Å². The van der Waals surface area contributed by atoms with E-state index in [1.807, 2.05) is 43.0 Å². The quantitative estimate of drug-likeness (QED) is 0.464. The molecule has 1 fully saturated rings. The minimum absolute atomic E-state index is 0.450. The van der Waals surface area contributed by atoms with Crippen molar-refractivity contribution < 1.29 is 0 Å². The Morgan fingerprint density at radius 1 is 0.871 bits per heavy atom. The van der Waals surface area contributed by atoms with Crippen LogP contribution >= 0.6 is 0 Å². The van der Waals surface area contributed by atoms with Gasteiger partial charge in [-0.2, -0.15) is 9.97 Å². The number of pyridine rings is 2. The summed E-state index contributed by atoms with van der Waals surface area (Å²) in [5.74, 6) is 1.32. The van der Waals surface area contributed by atoms with Crippen molar-refractivity contribution in [2.75, 3.05) is 10.6 Å². The van der Waals surface area contributed by atoms with Gasteiger partial charge in [0.25, 0.3) is 0 Å². The Labute approximate surface area is 181 Å². The van der Waals surface area contributed by atoms with E-state index in [9.17, 15) is 0 Å². The van der Waals surface area contributed by atoms with Crippen LogP contribution in [-0.4, -0.2) is 29.5 Å². The van der Waals surface area contributed by atoms with Crippen LogP contribution in [0.15, 0.2) is 55.4 Å². The van der Waals surface area contributed by atoms with Crippen molar-refractivity contribution in [2.45, 2.75) is 51.2 Å². The molecule has 8 heteroatoms. The normalized spacial score (nSPS) is 14.6. The molecule has 2 N–H and O–H groups in total. The molecule has 158 valence electrons. The van der Waals surface area contributed by atoms with Crippen LogP contribution in [0.25, 0.3) is 11.2 Å². The van der Waals surface area contributed by atoms with E-state index in [-0.39, 0.29) is 0 Å². The van der Waals surface area contributed by atoms with Gasteiger partial charge in [-0.05, 0) is 36.1 Å². The molecule has 1 saturated carbocycles. The van der Waals surface area contributed by atoms with E-state index in [2.05, 4.69) is 30.2 Å². The molecule has 0 aliphatic heterocycles. The first kappa shape index (κ1) is 19.4. The third-order valence-corrected chi connectivity index (χ3v) is 5.75. The lowest BCUT2D eigenvalue weighted by Gasteiger charge is -2.23. The van der Waals surface area contributed by atoms with E-state index in [0.717, 1.165) is 28.1 Å². The molecule has 8 nitrogen and oxygen atoms in total. The summed E-state index contributed by atoms with van der Waals surface area (Å²) in [6.07, 6.45) is 15.4. The lowest BCUT2D eigenvalue weighted by atomic mass is 9.95. The van der Waals surface area contributed by atoms with Gasteiger partial charge in [0.05, 0.1) is 6.33 Å². The number of hydrogen-bond acceptors (Lipinski definition) is 7. The molecule has 0 saturated heterocycles. The summed E-state index contributed by atoms with van der Waals surface area (Å²) in [5, 5.41) is 6.80. The van der Waals surface area contributed by atoms with Crippen molar-refractivity contribution >= 4 is 22.9 Å². The minimum atomic E-state index is 0.450. The van der Waals surface area contributed by atoms with Gasteiger partial charge in [0.15, 0.2) is 17.0 Å². The van der Waals surface area contributed by atoms with Crippen molar-refractivity contribution in [1.29, 1.82) is 0 Å². The zero-order valence-electron chi connectivity index (χ0n) is 17.4. The third-order valence-electron chi connectivity index (χ3n) is 5.75. The Morgan fingerprint density at radius 2 is 1.58 bits per heavy atom. The fourth-order valence-corrected chi connectivity index (χ4v) is 4.12. The highest BCUT2D eigenvalue weighted by atomic mass is 15.2. The van der Waals surface area contributed by atoms with Gasteiger partial charge < -0.3 is 15.2 Å². The standard InChI is InChI=1S/C23H26N8/c1-2-8-19(9-3-1)31-16-28-20-21(26-14-17-6-4-10-24-12-17)29-23(30-22(20)31)27-15-18-7-5-11-25-13-18/h4-7,10-13,16,19H,1-3,8-9,14-15H2,(H2,26,27,29,30). The molecule has 4 heterocycles. The lowest BCUT2D eigenvalue weighted by Crippen LogP contribution is -2.14. The van der Waals surface area contributed by atoms with Crippen LogP contribution in [0, 0.1) is 0 Å². The van der Waals surface area contributed by atoms with Gasteiger partial charge in [0.2, 0.25) is 5.95 Å². The van der Waals surface area contributed by atoms with Gasteiger partial charge in [0.1, 0.15) is 0 Å². The summed E-state index contributed by atoms with van der Waals surface area (Å²) in [5.41, 5.74) is 3.85. The van der Waals surface area contributed by atoms with Crippen molar-refractivity contribution in [3.8, 4) is 0 Å². The summed E-state index contributed by atoms with van der Waals surface area (Å²) in [4.78, 5) is 22.6. The summed E-state index contributed by atoms with van der Waals surface area (Å²) in [6.45, 7) is 1.23. The maximum absolute atomic E-state index is 4.85. The molecule has 5 rings (SSSR count). The van der Waals surface area contributed by atoms with Crippen molar-refractivity contribution in [2.24, 2.45) is 0 Å². The van der Waals surface area contributed by atoms with Gasteiger partial charge >= 0.3 is 0 Å². The average molecular weight is 415 g/mol. The molecular formula is C23H26N8. The molecule has 4 aromatic heterocycles. The molecule has 0 amide bonds. The molecular weight excluding hydrogens is 388 g/mol. The van der Waals surface area contributed by atoms with E-state index in [4.69, 9.17) is 9.97 Å². The van der Waals surface area contributed by atoms with Crippen LogP contribution in [0.4, 0.5) is 11.8 Å². The topological polar surface area (TPSA) is 93.4 Å². The highest BCUT2D eigenvalue weighted by Gasteiger charge is 2.20. The second kappa shape index (κ2) is 9.07. The van der Waals surface area contributed by atoms with Crippen LogP contribution in [0.2, 0.25) is 0 Å². The maximum atomic E-state index is 4.85. The Hall–Kier alpha value is -3.55. The van der Waals surface area contributed by atoms with Gasteiger partial charge in [0, 0.05) is 43.9 Å². The van der Waals surface area contributed by atoms with Gasteiger partial charge in [-0.15, -0.1) is 0 Å². The monoisotopic (exact) mass is 414 g/mol. The predicted octanol–water partition coefficient (Wildman–Crippen LogP) is 4.35. The number of rotatable bonds is 7. The summed E-state index contributed by atoms with van der Waals surface area (Å²) in [7, 11) is 0. The Kier molecular flexibility index (Phi) is 5.68. The zero-order chi connectivity index (χ0) is 20.9. The fraction of sp³-hybridized carbons (Fsp3) is 0.348. The molecule has 0 aromatic carbocycles. The van der Waals surface area contributed by atoms with Gasteiger partial charge in [-0.3, -0.25) is 9.97 Å². The molecule has 31 heavy (non-hydrogen) atoms. The van der Waals surface area contributed by atoms with Crippen LogP contribution in [0.3, 0.4) is 0 Å². The maximum Gasteiger partial charge on any atom is 0.227 e. The van der Waals surface area contributed by atoms with Crippen LogP contribution < -0.4 is 10.6 Å². The first-order valence-electron chi connectivity index (χ1n) is 10.9. The van der Waals surface area contributed by atoms with Crippen LogP contribution in [0.5, 0.6) is 0 Å². The van der Waals surface area contributed by atoms with Crippen molar-refractivity contribution in [1.82, 2.24) is 29.5 Å². The molecule has 0 spiro atoms. The van der Waals surface area contributed by atoms with Gasteiger partial charge in [-0.25, -0.2) is 4.98 Å². The number of anilines is 2. The minimum Gasteiger partial charge on any atom is -0.364 e. The number of nitrogens with zero attached hydrogens (tertiary/aromatic N) is 6. The van der Waals surface area contributed by atoms with E-state index < -0.39 is 0 Å². The highest BCUT2D eigenvalue weighted by Crippen LogP contribution is 2.32. The fourth-order valence-electron chi connectivity index (χ4n) is 4.12. The first-order chi connectivity index (χ1) is 15.4. The van der Waals surface area contributed by atoms with Crippen molar-refractivity contribution in [3.05, 3.63) is 66.5 Å². The summed E-state index contributed by atoms with van der Waals surface area (Å²) < 4.78 is 2.24. The third kappa shape index (κ3) is 4.47. The summed E-state index contributed by atoms with van der Waals surface area (Å²) in [6, 6.07) is 8.39. The Bertz CT molecular complexity index is 1120. The number of imidazole rings is 1. The van der Waals surface area contributed by atoms with E-state index in [1.54, 1.807) is 12.4 Å². The predicted molar refractivity (Wildman–Crippen MR) is 121 cm³/mol. The van der Waals surface area contributed by atoms with Crippen LogP contribution in [0.1, 0.15) is 49.3 Å². The SMILES string of the molecule is c1cncc(CNc2nc(NCc3cccnc3)c3ncn(C4CCCCC4)c3n2)c1. The lowest BCUT2D eigenvalue weighted by molar-refractivity contribution is 0.358. The molecule has 4 aromatic rings. The molecule has 1 aliphatic carbocycles. The number of nitrogens with one attached hydrogen (secondary N) is 2. The number of hydrogen-bond donors (Lipinski definition) is 2. The summed E-state index contributed by atoms with van der Waals surface area (Å²) >= 11 is 0. The van der Waals surface area contributed by atoms with Crippen molar-refractivity contribution in [3.63, 3.8) is 0 Å². The zero-order valence-corrected chi connectivity index (χ0v) is 17.4. The molecule has 0 radical (unpaired) electrons.